The van der Waals surface area contributed by atoms with Gasteiger partial charge in [-0.25, -0.2) is 9.97 Å². The molecule has 31 heavy (non-hydrogen) atoms. The van der Waals surface area contributed by atoms with E-state index >= 15 is 0 Å². The Hall–Kier alpha value is -2.71. The number of hydrogen-bond acceptors (Lipinski definition) is 7. The van der Waals surface area contributed by atoms with Gasteiger partial charge < -0.3 is 14.1 Å². The van der Waals surface area contributed by atoms with Crippen LogP contribution in [0.15, 0.2) is 33.7 Å². The quantitative estimate of drug-likeness (QED) is 0.602. The molecule has 3 aromatic rings. The first kappa shape index (κ1) is 20.2. The fraction of sp³-hybridized carbons (Fsp3) is 0.522. The Morgan fingerprint density at radius 1 is 1.13 bits per heavy atom. The van der Waals surface area contributed by atoms with Crippen LogP contribution in [0.4, 0.5) is 5.69 Å². The van der Waals surface area contributed by atoms with Gasteiger partial charge in [0.2, 0.25) is 5.89 Å². The van der Waals surface area contributed by atoms with Gasteiger partial charge in [0.05, 0.1) is 42.6 Å². The molecule has 164 valence electrons. The number of anilines is 1. The van der Waals surface area contributed by atoms with E-state index < -0.39 is 0 Å². The molecule has 2 aliphatic rings. The molecule has 8 heteroatoms. The molecule has 8 nitrogen and oxygen atoms in total. The van der Waals surface area contributed by atoms with Gasteiger partial charge in [-0.05, 0) is 37.5 Å². The summed E-state index contributed by atoms with van der Waals surface area (Å²) in [6.45, 7) is 5.55. The average Bonchev–Trinajstić information content (AvgIpc) is 3.21. The predicted molar refractivity (Wildman–Crippen MR) is 119 cm³/mol. The zero-order chi connectivity index (χ0) is 21.2. The Balaban J connectivity index is 1.23. The predicted octanol–water partition coefficient (Wildman–Crippen LogP) is 2.23. The summed E-state index contributed by atoms with van der Waals surface area (Å²) in [4.78, 5) is 26.6. The van der Waals surface area contributed by atoms with E-state index in [-0.39, 0.29) is 5.56 Å². The van der Waals surface area contributed by atoms with Gasteiger partial charge in [-0.15, -0.1) is 0 Å². The number of rotatable bonds is 6. The largest absolute Gasteiger partial charge is 0.444 e. The molecule has 1 aliphatic carbocycles. The molecule has 0 bridgehead atoms. The number of fused-ring (bicyclic) bond motifs is 2. The zero-order valence-electron chi connectivity index (χ0n) is 18.0. The Labute approximate surface area is 181 Å². The maximum absolute atomic E-state index is 12.6. The second kappa shape index (κ2) is 8.80. The monoisotopic (exact) mass is 423 g/mol. The van der Waals surface area contributed by atoms with E-state index in [1.165, 1.54) is 18.5 Å². The number of nitrogens with zero attached hydrogens (tertiary/aromatic N) is 5. The first-order chi connectivity index (χ1) is 15.2. The third kappa shape index (κ3) is 4.22. The van der Waals surface area contributed by atoms with Gasteiger partial charge in [0.25, 0.3) is 5.56 Å². The Kier molecular flexibility index (Phi) is 5.74. The summed E-state index contributed by atoms with van der Waals surface area (Å²) in [5.41, 5.74) is 3.00. The number of hydrogen-bond donors (Lipinski definition) is 0. The van der Waals surface area contributed by atoms with Crippen LogP contribution in [-0.4, -0.2) is 59.3 Å². The van der Waals surface area contributed by atoms with Crippen molar-refractivity contribution in [3.8, 4) is 0 Å². The first-order valence-electron chi connectivity index (χ1n) is 11.1. The SMILES string of the molecule is COCCn1cnc2cc(N3CCN(Cc4nc5c(o4)CCCC5)CC3)ccc2c1=O. The van der Waals surface area contributed by atoms with Gasteiger partial charge >= 0.3 is 0 Å². The summed E-state index contributed by atoms with van der Waals surface area (Å²) in [6.07, 6.45) is 6.13. The third-order valence-corrected chi connectivity index (χ3v) is 6.33. The van der Waals surface area contributed by atoms with Gasteiger partial charge in [0, 0.05) is 45.4 Å². The first-order valence-corrected chi connectivity index (χ1v) is 11.1. The number of ether oxygens (including phenoxy) is 1. The lowest BCUT2D eigenvalue weighted by Gasteiger charge is -2.35. The van der Waals surface area contributed by atoms with E-state index in [0.29, 0.717) is 18.5 Å². The van der Waals surface area contributed by atoms with Crippen molar-refractivity contribution in [2.24, 2.45) is 0 Å². The molecule has 1 saturated heterocycles. The van der Waals surface area contributed by atoms with Gasteiger partial charge in [-0.2, -0.15) is 0 Å². The van der Waals surface area contributed by atoms with Crippen molar-refractivity contribution in [3.63, 3.8) is 0 Å². The van der Waals surface area contributed by atoms with Gasteiger partial charge in [-0.3, -0.25) is 14.3 Å². The molecule has 0 radical (unpaired) electrons. The van der Waals surface area contributed by atoms with Crippen LogP contribution >= 0.6 is 0 Å². The lowest BCUT2D eigenvalue weighted by atomic mass is 10.0. The van der Waals surface area contributed by atoms with Crippen LogP contribution in [0.3, 0.4) is 0 Å². The van der Waals surface area contributed by atoms with E-state index in [0.717, 1.165) is 68.4 Å². The fourth-order valence-electron chi connectivity index (χ4n) is 4.52. The molecule has 0 atom stereocenters. The van der Waals surface area contributed by atoms with Crippen molar-refractivity contribution in [3.05, 3.63) is 52.2 Å². The van der Waals surface area contributed by atoms with Crippen molar-refractivity contribution in [1.29, 1.82) is 0 Å². The summed E-state index contributed by atoms with van der Waals surface area (Å²) in [7, 11) is 1.63. The van der Waals surface area contributed by atoms with Crippen LogP contribution in [0.2, 0.25) is 0 Å². The molecule has 5 rings (SSSR count). The number of methoxy groups -OCH3 is 1. The van der Waals surface area contributed by atoms with Crippen LogP contribution in [0.5, 0.6) is 0 Å². The van der Waals surface area contributed by atoms with E-state index in [1.807, 2.05) is 18.2 Å². The number of aryl methyl sites for hydroxylation is 2. The minimum absolute atomic E-state index is 0.0212. The number of benzene rings is 1. The lowest BCUT2D eigenvalue weighted by Crippen LogP contribution is -2.46. The normalized spacial score (nSPS) is 17.3. The van der Waals surface area contributed by atoms with Crippen molar-refractivity contribution in [2.45, 2.75) is 38.8 Å². The minimum atomic E-state index is -0.0212. The maximum atomic E-state index is 12.6. The lowest BCUT2D eigenvalue weighted by molar-refractivity contribution is 0.186. The number of aromatic nitrogens is 3. The molecular formula is C23H29N5O3. The molecule has 1 aromatic carbocycles. The summed E-state index contributed by atoms with van der Waals surface area (Å²) < 4.78 is 12.7. The summed E-state index contributed by atoms with van der Waals surface area (Å²) >= 11 is 0. The molecule has 0 spiro atoms. The zero-order valence-corrected chi connectivity index (χ0v) is 18.0. The highest BCUT2D eigenvalue weighted by Crippen LogP contribution is 2.24. The van der Waals surface area contributed by atoms with Gasteiger partial charge in [0.15, 0.2) is 0 Å². The van der Waals surface area contributed by atoms with Crippen LogP contribution in [0, 0.1) is 0 Å². The van der Waals surface area contributed by atoms with E-state index in [9.17, 15) is 4.79 Å². The minimum Gasteiger partial charge on any atom is -0.444 e. The molecule has 1 aliphatic heterocycles. The van der Waals surface area contributed by atoms with Crippen LogP contribution in [0.1, 0.15) is 30.2 Å². The average molecular weight is 424 g/mol. The van der Waals surface area contributed by atoms with Crippen LogP contribution in [0.25, 0.3) is 10.9 Å². The maximum Gasteiger partial charge on any atom is 0.261 e. The molecule has 2 aromatic heterocycles. The highest BCUT2D eigenvalue weighted by atomic mass is 16.5. The molecule has 3 heterocycles. The fourth-order valence-corrected chi connectivity index (χ4v) is 4.52. The van der Waals surface area contributed by atoms with E-state index in [2.05, 4.69) is 14.8 Å². The van der Waals surface area contributed by atoms with E-state index in [1.54, 1.807) is 18.0 Å². The Morgan fingerprint density at radius 2 is 1.97 bits per heavy atom. The third-order valence-electron chi connectivity index (χ3n) is 6.33. The van der Waals surface area contributed by atoms with Crippen molar-refractivity contribution >= 4 is 16.6 Å². The molecule has 0 unspecified atom stereocenters. The number of oxazole rings is 1. The Morgan fingerprint density at radius 3 is 2.77 bits per heavy atom. The Bertz CT molecular complexity index is 1090. The summed E-state index contributed by atoms with van der Waals surface area (Å²) in [5, 5.41) is 0.647. The molecule has 0 amide bonds. The highest BCUT2D eigenvalue weighted by Gasteiger charge is 2.22. The number of piperazine rings is 1. The molecule has 0 N–H and O–H groups in total. The van der Waals surface area contributed by atoms with Crippen LogP contribution < -0.4 is 10.5 Å². The molecule has 1 fully saturated rings. The smallest absolute Gasteiger partial charge is 0.261 e. The van der Waals surface area contributed by atoms with Crippen molar-refractivity contribution in [2.75, 3.05) is 44.8 Å². The van der Waals surface area contributed by atoms with Crippen molar-refractivity contribution in [1.82, 2.24) is 19.4 Å². The van der Waals surface area contributed by atoms with Gasteiger partial charge in [0.1, 0.15) is 5.76 Å². The highest BCUT2D eigenvalue weighted by molar-refractivity contribution is 5.81. The molecule has 0 saturated carbocycles. The van der Waals surface area contributed by atoms with Crippen molar-refractivity contribution < 1.29 is 9.15 Å². The second-order valence-electron chi connectivity index (χ2n) is 8.39. The van der Waals surface area contributed by atoms with Gasteiger partial charge in [-0.1, -0.05) is 0 Å². The molecular weight excluding hydrogens is 394 g/mol. The topological polar surface area (TPSA) is 76.6 Å². The summed E-state index contributed by atoms with van der Waals surface area (Å²) in [5.74, 6) is 1.96. The standard InChI is InChI=1S/C23H29N5O3/c1-30-13-12-28-16-24-20-14-17(6-7-18(20)23(28)29)27-10-8-26(9-11-27)15-22-25-19-4-2-3-5-21(19)31-22/h6-7,14,16H,2-5,8-13,15H2,1H3. The van der Waals surface area contributed by atoms with Crippen LogP contribution in [-0.2, 0) is 30.7 Å². The second-order valence-corrected chi connectivity index (χ2v) is 8.39. The summed E-state index contributed by atoms with van der Waals surface area (Å²) in [6, 6.07) is 5.95. The van der Waals surface area contributed by atoms with E-state index in [4.69, 9.17) is 14.1 Å².